The predicted molar refractivity (Wildman–Crippen MR) is 59.3 cm³/mol. The van der Waals surface area contributed by atoms with Gasteiger partial charge in [-0.3, -0.25) is 0 Å². The fraction of sp³-hybridized carbons (Fsp3) is 0.364. The van der Waals surface area contributed by atoms with Crippen LogP contribution in [0.15, 0.2) is 29.4 Å². The summed E-state index contributed by atoms with van der Waals surface area (Å²) in [6.07, 6.45) is 0.299. The molecule has 4 nitrogen and oxygen atoms in total. The van der Waals surface area contributed by atoms with Gasteiger partial charge < -0.3 is 15.7 Å². The van der Waals surface area contributed by atoms with Crippen LogP contribution in [0.2, 0.25) is 0 Å². The molecule has 1 rings (SSSR count). The van der Waals surface area contributed by atoms with Gasteiger partial charge in [0.15, 0.2) is 0 Å². The van der Waals surface area contributed by atoms with Gasteiger partial charge in [-0.25, -0.2) is 0 Å². The average Bonchev–Trinajstić information content (AvgIpc) is 2.21. The number of ether oxygens (including phenoxy) is 1. The molecule has 82 valence electrons. The van der Waals surface area contributed by atoms with E-state index in [1.165, 1.54) is 5.56 Å². The van der Waals surface area contributed by atoms with Gasteiger partial charge in [-0.05, 0) is 26.0 Å². The molecule has 15 heavy (non-hydrogen) atoms. The molecule has 0 aliphatic rings. The molecule has 0 fully saturated rings. The van der Waals surface area contributed by atoms with Crippen LogP contribution in [0.5, 0.6) is 5.75 Å². The number of nitrogens with two attached hydrogens (primary N) is 1. The lowest BCUT2D eigenvalue weighted by molar-refractivity contribution is 0.226. The molecule has 0 radical (unpaired) electrons. The molecule has 0 aliphatic carbocycles. The van der Waals surface area contributed by atoms with Crippen LogP contribution in [-0.4, -0.2) is 17.1 Å². The van der Waals surface area contributed by atoms with Crippen molar-refractivity contribution >= 4 is 5.84 Å². The summed E-state index contributed by atoms with van der Waals surface area (Å²) < 4.78 is 5.57. The third kappa shape index (κ3) is 3.89. The Bertz CT molecular complexity index is 333. The highest BCUT2D eigenvalue weighted by Gasteiger charge is 2.06. The first kappa shape index (κ1) is 11.4. The first-order valence-electron chi connectivity index (χ1n) is 4.81. The molecule has 0 spiro atoms. The summed E-state index contributed by atoms with van der Waals surface area (Å²) in [6, 6.07) is 7.76. The lowest BCUT2D eigenvalue weighted by Gasteiger charge is -2.13. The zero-order valence-corrected chi connectivity index (χ0v) is 8.97. The van der Waals surface area contributed by atoms with Crippen LogP contribution in [0, 0.1) is 6.92 Å². The van der Waals surface area contributed by atoms with Gasteiger partial charge in [0.2, 0.25) is 0 Å². The van der Waals surface area contributed by atoms with E-state index in [9.17, 15) is 0 Å². The van der Waals surface area contributed by atoms with Crippen molar-refractivity contribution < 1.29 is 9.94 Å². The van der Waals surface area contributed by atoms with Crippen LogP contribution in [0.3, 0.4) is 0 Å². The fourth-order valence-electron chi connectivity index (χ4n) is 1.23. The van der Waals surface area contributed by atoms with E-state index in [0.717, 1.165) is 5.75 Å². The first-order valence-corrected chi connectivity index (χ1v) is 4.81. The molecule has 0 bridgehead atoms. The zero-order chi connectivity index (χ0) is 11.3. The van der Waals surface area contributed by atoms with Crippen molar-refractivity contribution in [3.05, 3.63) is 29.8 Å². The van der Waals surface area contributed by atoms with E-state index in [2.05, 4.69) is 5.16 Å². The second-order valence-corrected chi connectivity index (χ2v) is 3.54. The fourth-order valence-corrected chi connectivity index (χ4v) is 1.23. The topological polar surface area (TPSA) is 67.8 Å². The molecule has 4 heteroatoms. The lowest BCUT2D eigenvalue weighted by atomic mass is 10.2. The molecule has 0 saturated heterocycles. The number of rotatable bonds is 4. The largest absolute Gasteiger partial charge is 0.490 e. The summed E-state index contributed by atoms with van der Waals surface area (Å²) in [6.45, 7) is 3.89. The van der Waals surface area contributed by atoms with Crippen molar-refractivity contribution in [2.75, 3.05) is 0 Å². The molecule has 0 aliphatic heterocycles. The highest BCUT2D eigenvalue weighted by atomic mass is 16.5. The molecule has 1 aromatic carbocycles. The minimum absolute atomic E-state index is 0.108. The third-order valence-corrected chi connectivity index (χ3v) is 1.98. The molecule has 0 aromatic heterocycles. The summed E-state index contributed by atoms with van der Waals surface area (Å²) in [7, 11) is 0. The van der Waals surface area contributed by atoms with Crippen LogP contribution in [0.1, 0.15) is 18.9 Å². The monoisotopic (exact) mass is 208 g/mol. The SMILES string of the molecule is Cc1ccc(OC(C)CC(N)=NO)cc1. The van der Waals surface area contributed by atoms with Crippen molar-refractivity contribution in [2.45, 2.75) is 26.4 Å². The maximum atomic E-state index is 8.39. The number of benzene rings is 1. The highest BCUT2D eigenvalue weighted by Crippen LogP contribution is 2.14. The second kappa shape index (κ2) is 5.24. The molecule has 1 unspecified atom stereocenters. The highest BCUT2D eigenvalue weighted by molar-refractivity contribution is 5.80. The van der Waals surface area contributed by atoms with Crippen LogP contribution in [0.25, 0.3) is 0 Å². The normalized spacial score (nSPS) is 13.6. The van der Waals surface area contributed by atoms with Gasteiger partial charge in [0, 0.05) is 6.42 Å². The van der Waals surface area contributed by atoms with Crippen molar-refractivity contribution in [1.29, 1.82) is 0 Å². The van der Waals surface area contributed by atoms with Gasteiger partial charge in [0.1, 0.15) is 17.7 Å². The van der Waals surface area contributed by atoms with Crippen molar-refractivity contribution in [2.24, 2.45) is 10.9 Å². The Morgan fingerprint density at radius 1 is 1.47 bits per heavy atom. The van der Waals surface area contributed by atoms with Crippen LogP contribution >= 0.6 is 0 Å². The van der Waals surface area contributed by atoms with E-state index in [4.69, 9.17) is 15.7 Å². The number of oxime groups is 1. The number of amidine groups is 1. The quantitative estimate of drug-likeness (QED) is 0.343. The molecule has 0 saturated carbocycles. The van der Waals surface area contributed by atoms with E-state index in [-0.39, 0.29) is 11.9 Å². The Hall–Kier alpha value is -1.71. The molecular formula is C11H16N2O2. The smallest absolute Gasteiger partial charge is 0.142 e. The van der Waals surface area contributed by atoms with Crippen LogP contribution in [-0.2, 0) is 0 Å². The molecular weight excluding hydrogens is 192 g/mol. The Morgan fingerprint density at radius 2 is 2.07 bits per heavy atom. The minimum Gasteiger partial charge on any atom is -0.490 e. The van der Waals surface area contributed by atoms with Gasteiger partial charge in [-0.1, -0.05) is 22.9 Å². The minimum atomic E-state index is -0.108. The Morgan fingerprint density at radius 3 is 2.60 bits per heavy atom. The van der Waals surface area contributed by atoms with E-state index in [1.807, 2.05) is 38.1 Å². The van der Waals surface area contributed by atoms with Crippen molar-refractivity contribution in [3.8, 4) is 5.75 Å². The van der Waals surface area contributed by atoms with Crippen LogP contribution in [0.4, 0.5) is 0 Å². The van der Waals surface area contributed by atoms with E-state index >= 15 is 0 Å². The van der Waals surface area contributed by atoms with Crippen molar-refractivity contribution in [1.82, 2.24) is 0 Å². The summed E-state index contributed by atoms with van der Waals surface area (Å²) in [5.74, 6) is 0.966. The Kier molecular flexibility index (Phi) is 3.97. The number of aryl methyl sites for hydroxylation is 1. The van der Waals surface area contributed by atoms with Gasteiger partial charge in [0.25, 0.3) is 0 Å². The molecule has 1 atom stereocenters. The maximum Gasteiger partial charge on any atom is 0.142 e. The van der Waals surface area contributed by atoms with E-state index in [1.54, 1.807) is 0 Å². The summed E-state index contributed by atoms with van der Waals surface area (Å²) in [5.41, 5.74) is 6.56. The van der Waals surface area contributed by atoms with Crippen LogP contribution < -0.4 is 10.5 Å². The Balaban J connectivity index is 2.51. The van der Waals surface area contributed by atoms with Gasteiger partial charge in [0.05, 0.1) is 0 Å². The standard InChI is InChI=1S/C11H16N2O2/c1-8-3-5-10(6-4-8)15-9(2)7-11(12)13-14/h3-6,9,14H,7H2,1-2H3,(H2,12,13). The van der Waals surface area contributed by atoms with E-state index in [0.29, 0.717) is 6.42 Å². The molecule has 3 N–H and O–H groups in total. The third-order valence-electron chi connectivity index (χ3n) is 1.98. The lowest BCUT2D eigenvalue weighted by Crippen LogP contribution is -2.22. The summed E-state index contributed by atoms with van der Waals surface area (Å²) in [4.78, 5) is 0. The predicted octanol–water partition coefficient (Wildman–Crippen LogP) is 1.90. The molecule has 0 amide bonds. The first-order chi connectivity index (χ1) is 7.11. The second-order valence-electron chi connectivity index (χ2n) is 3.54. The van der Waals surface area contributed by atoms with Crippen molar-refractivity contribution in [3.63, 3.8) is 0 Å². The molecule has 1 aromatic rings. The number of hydrogen-bond acceptors (Lipinski definition) is 3. The van der Waals surface area contributed by atoms with Gasteiger partial charge >= 0.3 is 0 Å². The number of nitrogens with zero attached hydrogens (tertiary/aromatic N) is 1. The average molecular weight is 208 g/mol. The van der Waals surface area contributed by atoms with Gasteiger partial charge in [-0.2, -0.15) is 0 Å². The van der Waals surface area contributed by atoms with Gasteiger partial charge in [-0.15, -0.1) is 0 Å². The van der Waals surface area contributed by atoms with E-state index < -0.39 is 0 Å². The maximum absolute atomic E-state index is 8.39. The zero-order valence-electron chi connectivity index (χ0n) is 8.97. The summed E-state index contributed by atoms with van der Waals surface area (Å²) in [5, 5.41) is 11.3. The molecule has 0 heterocycles. The Labute approximate surface area is 89.4 Å². The number of hydrogen-bond donors (Lipinski definition) is 2. The summed E-state index contributed by atoms with van der Waals surface area (Å²) >= 11 is 0.